The second kappa shape index (κ2) is 23.5. The maximum Gasteiger partial charge on any atom is 0.326 e. The van der Waals surface area contributed by atoms with Crippen molar-refractivity contribution in [2.45, 2.75) is 136 Å². The van der Waals surface area contributed by atoms with E-state index in [1.807, 2.05) is 6.92 Å². The van der Waals surface area contributed by atoms with Gasteiger partial charge in [-0.2, -0.15) is 0 Å². The van der Waals surface area contributed by atoms with Gasteiger partial charge in [0.2, 0.25) is 11.8 Å². The molecule has 7 heteroatoms. The summed E-state index contributed by atoms with van der Waals surface area (Å²) in [5, 5.41) is 15.1. The molecule has 0 heterocycles. The molecule has 0 saturated carbocycles. The van der Waals surface area contributed by atoms with E-state index >= 15 is 0 Å². The van der Waals surface area contributed by atoms with Crippen LogP contribution in [0.1, 0.15) is 130 Å². The fourth-order valence-corrected chi connectivity index (χ4v) is 3.90. The number of carbonyl (C=O) groups is 3. The molecule has 0 aliphatic carbocycles. The van der Waals surface area contributed by atoms with Crippen molar-refractivity contribution in [1.29, 1.82) is 0 Å². The lowest BCUT2D eigenvalue weighted by Crippen LogP contribution is -2.43. The zero-order valence-electron chi connectivity index (χ0n) is 22.1. The molecule has 0 bridgehead atoms. The van der Waals surface area contributed by atoms with E-state index in [0.717, 1.165) is 44.9 Å². The largest absolute Gasteiger partial charge is 0.480 e. The molecule has 7 N–H and O–H groups in total. The van der Waals surface area contributed by atoms with Crippen molar-refractivity contribution >= 4 is 17.8 Å². The molecule has 0 aliphatic rings. The number of carboxylic acids is 1. The number of hydrogen-bond donors (Lipinski definition) is 4. The highest BCUT2D eigenvalue weighted by Crippen LogP contribution is 2.14. The first-order valence-corrected chi connectivity index (χ1v) is 13.3. The zero-order chi connectivity index (χ0) is 24.0. The van der Waals surface area contributed by atoms with Crippen LogP contribution in [0.4, 0.5) is 0 Å². The monoisotopic (exact) mass is 472 g/mol. The minimum absolute atomic E-state index is 0. The van der Waals surface area contributed by atoms with Crippen molar-refractivity contribution in [3.63, 3.8) is 0 Å². The van der Waals surface area contributed by atoms with Crippen LogP contribution in [-0.4, -0.2) is 35.5 Å². The number of amides is 2. The molecule has 1 unspecified atom stereocenters. The quantitative estimate of drug-likeness (QED) is 0.136. The van der Waals surface area contributed by atoms with E-state index in [4.69, 9.17) is 0 Å². The summed E-state index contributed by atoms with van der Waals surface area (Å²) in [6, 6.07) is -0.851. The Morgan fingerprint density at radius 3 is 1.85 bits per heavy atom. The molecule has 0 spiro atoms. The van der Waals surface area contributed by atoms with Gasteiger partial charge >= 0.3 is 5.97 Å². The summed E-state index contributed by atoms with van der Waals surface area (Å²) in [4.78, 5) is 35.8. The molecule has 0 aromatic rings. The van der Waals surface area contributed by atoms with Crippen LogP contribution in [0.2, 0.25) is 0 Å². The maximum absolute atomic E-state index is 12.4. The Morgan fingerprint density at radius 2 is 1.30 bits per heavy atom. The first kappa shape index (κ1) is 33.5. The summed E-state index contributed by atoms with van der Waals surface area (Å²) in [6.07, 6.45) is 17.0. The summed E-state index contributed by atoms with van der Waals surface area (Å²) in [7, 11) is 0. The standard InChI is InChI=1S/C26H50N2O4.H3N/c1-4-7-9-10-11-12-13-14-15-20-24(29)27-21-17-16-19-23(26(31)32)28-25(30)22(6-3)18-8-5-2;/h22-23H,4-21H2,1-3H3,(H,27,29)(H,28,30)(H,31,32);1H3/p+1/t22?,23-;/m0./s1. The average Bonchev–Trinajstić information content (AvgIpc) is 2.77. The number of carboxylic acid groups (broad SMARTS) is 1. The van der Waals surface area contributed by atoms with Crippen LogP contribution in [0.3, 0.4) is 0 Å². The number of aliphatic carboxylic acids is 1. The first-order chi connectivity index (χ1) is 15.5. The van der Waals surface area contributed by atoms with Gasteiger partial charge in [-0.25, -0.2) is 4.79 Å². The summed E-state index contributed by atoms with van der Waals surface area (Å²) in [5.74, 6) is -1.17. The highest BCUT2D eigenvalue weighted by molar-refractivity contribution is 5.84. The normalized spacial score (nSPS) is 12.5. The Balaban J connectivity index is 0. The second-order valence-corrected chi connectivity index (χ2v) is 9.07. The maximum atomic E-state index is 12.4. The molecule has 7 nitrogen and oxygen atoms in total. The van der Waals surface area contributed by atoms with Gasteiger partial charge in [-0.15, -0.1) is 0 Å². The van der Waals surface area contributed by atoms with Gasteiger partial charge < -0.3 is 21.9 Å². The Morgan fingerprint density at radius 1 is 0.727 bits per heavy atom. The molecule has 0 aromatic heterocycles. The second-order valence-electron chi connectivity index (χ2n) is 9.07. The van der Waals surface area contributed by atoms with Crippen LogP contribution in [0, 0.1) is 5.92 Å². The summed E-state index contributed by atoms with van der Waals surface area (Å²) in [6.45, 7) is 6.84. The van der Waals surface area contributed by atoms with Crippen molar-refractivity contribution in [3.8, 4) is 0 Å². The predicted octanol–water partition coefficient (Wildman–Crippen LogP) is 6.36. The smallest absolute Gasteiger partial charge is 0.326 e. The molecule has 33 heavy (non-hydrogen) atoms. The van der Waals surface area contributed by atoms with Gasteiger partial charge in [0.15, 0.2) is 0 Å². The lowest BCUT2D eigenvalue weighted by molar-refractivity contribution is -0.142. The van der Waals surface area contributed by atoms with Gasteiger partial charge in [-0.3, -0.25) is 9.59 Å². The molecule has 2 atom stereocenters. The Hall–Kier alpha value is -1.63. The van der Waals surface area contributed by atoms with Gasteiger partial charge in [-0.1, -0.05) is 85.0 Å². The fourth-order valence-electron chi connectivity index (χ4n) is 3.90. The fraction of sp³-hybridized carbons (Fsp3) is 0.885. The van der Waals surface area contributed by atoms with E-state index in [-0.39, 0.29) is 23.9 Å². The van der Waals surface area contributed by atoms with Crippen molar-refractivity contribution in [2.24, 2.45) is 5.92 Å². The topological polar surface area (TPSA) is 132 Å². The molecular formula is C26H54N3O4+. The van der Waals surface area contributed by atoms with Crippen molar-refractivity contribution in [2.75, 3.05) is 6.54 Å². The molecular weight excluding hydrogens is 418 g/mol. The van der Waals surface area contributed by atoms with E-state index in [9.17, 15) is 19.5 Å². The van der Waals surface area contributed by atoms with E-state index in [0.29, 0.717) is 25.8 Å². The van der Waals surface area contributed by atoms with Gasteiger partial charge in [0.1, 0.15) is 6.04 Å². The number of rotatable bonds is 22. The van der Waals surface area contributed by atoms with E-state index in [2.05, 4.69) is 24.5 Å². The number of hydrogen-bond acceptors (Lipinski definition) is 3. The molecule has 0 aromatic carbocycles. The molecule has 0 radical (unpaired) electrons. The highest BCUT2D eigenvalue weighted by atomic mass is 16.4. The van der Waals surface area contributed by atoms with Crippen molar-refractivity contribution in [3.05, 3.63) is 0 Å². The molecule has 0 saturated heterocycles. The van der Waals surface area contributed by atoms with Crippen LogP contribution >= 0.6 is 0 Å². The number of carbonyl (C=O) groups excluding carboxylic acids is 2. The predicted molar refractivity (Wildman–Crippen MR) is 138 cm³/mol. The third kappa shape index (κ3) is 19.5. The minimum atomic E-state index is -0.988. The molecule has 196 valence electrons. The number of quaternary nitrogens is 1. The molecule has 0 aliphatic heterocycles. The molecule has 0 fully saturated rings. The SMILES string of the molecule is CCCCCCCCCCCC(=O)NCCCC[C@H](NC(=O)C(CC)CCCC)C(=O)O.[NH4+]. The van der Waals surface area contributed by atoms with Gasteiger partial charge in [0.25, 0.3) is 0 Å². The Labute approximate surface area is 202 Å². The van der Waals surface area contributed by atoms with Gasteiger partial charge in [0.05, 0.1) is 0 Å². The number of nitrogens with one attached hydrogen (secondary N) is 2. The van der Waals surface area contributed by atoms with Crippen LogP contribution in [-0.2, 0) is 14.4 Å². The minimum Gasteiger partial charge on any atom is -0.480 e. The molecule has 0 rings (SSSR count). The summed E-state index contributed by atoms with van der Waals surface area (Å²) >= 11 is 0. The van der Waals surface area contributed by atoms with E-state index in [1.54, 1.807) is 0 Å². The lowest BCUT2D eigenvalue weighted by Gasteiger charge is -2.19. The van der Waals surface area contributed by atoms with Crippen LogP contribution in [0.25, 0.3) is 0 Å². The van der Waals surface area contributed by atoms with Gasteiger partial charge in [0, 0.05) is 18.9 Å². The van der Waals surface area contributed by atoms with Crippen molar-refractivity contribution in [1.82, 2.24) is 16.8 Å². The zero-order valence-corrected chi connectivity index (χ0v) is 22.1. The van der Waals surface area contributed by atoms with Gasteiger partial charge in [-0.05, 0) is 38.5 Å². The van der Waals surface area contributed by atoms with Crippen LogP contribution < -0.4 is 16.8 Å². The Kier molecular flexibility index (Phi) is 23.9. The highest BCUT2D eigenvalue weighted by Gasteiger charge is 2.23. The number of unbranched alkanes of at least 4 members (excludes halogenated alkanes) is 10. The van der Waals surface area contributed by atoms with Crippen LogP contribution in [0.15, 0.2) is 0 Å². The average molecular weight is 473 g/mol. The summed E-state index contributed by atoms with van der Waals surface area (Å²) < 4.78 is 0. The first-order valence-electron chi connectivity index (χ1n) is 13.3. The summed E-state index contributed by atoms with van der Waals surface area (Å²) in [5.41, 5.74) is 0. The van der Waals surface area contributed by atoms with Crippen molar-refractivity contribution < 1.29 is 19.5 Å². The lowest BCUT2D eigenvalue weighted by atomic mass is 9.97. The van der Waals surface area contributed by atoms with E-state index in [1.165, 1.54) is 44.9 Å². The Bertz CT molecular complexity index is 500. The van der Waals surface area contributed by atoms with E-state index < -0.39 is 12.0 Å². The third-order valence-electron chi connectivity index (χ3n) is 6.13. The molecule has 2 amide bonds. The third-order valence-corrected chi connectivity index (χ3v) is 6.13. The van der Waals surface area contributed by atoms with Crippen LogP contribution in [0.5, 0.6) is 0 Å².